The van der Waals surface area contributed by atoms with Crippen LogP contribution in [-0.4, -0.2) is 0 Å². The fourth-order valence-corrected chi connectivity index (χ4v) is 12.0. The number of anilines is 3. The fraction of sp³-hybridized carbons (Fsp3) is 0.0154. The molecule has 0 radical (unpaired) electrons. The van der Waals surface area contributed by atoms with Crippen molar-refractivity contribution in [1.82, 2.24) is 0 Å². The van der Waals surface area contributed by atoms with Crippen molar-refractivity contribution >= 4 is 59.3 Å². The summed E-state index contributed by atoms with van der Waals surface area (Å²) in [5, 5.41) is 5.14. The highest BCUT2D eigenvalue weighted by Gasteiger charge is 2.46. The van der Waals surface area contributed by atoms with Gasteiger partial charge < -0.3 is 4.90 Å². The summed E-state index contributed by atoms with van der Waals surface area (Å²) in [7, 11) is 0. The monoisotopic (exact) mass is 869 g/mol. The van der Waals surface area contributed by atoms with E-state index in [2.05, 4.69) is 266 Å². The number of benzene rings is 11. The van der Waals surface area contributed by atoms with Crippen LogP contribution in [0.3, 0.4) is 0 Å². The zero-order valence-electron chi connectivity index (χ0n) is 36.7. The normalized spacial score (nSPS) is 12.6. The lowest BCUT2D eigenvalue weighted by atomic mass is 9.67. The van der Waals surface area contributed by atoms with Gasteiger partial charge in [-0.25, -0.2) is 0 Å². The molecule has 0 saturated heterocycles. The predicted octanol–water partition coefficient (Wildman–Crippen LogP) is 18.0. The molecular weight excluding hydrogens is 827 g/mol. The van der Waals surface area contributed by atoms with Crippen molar-refractivity contribution in [1.29, 1.82) is 0 Å². The van der Waals surface area contributed by atoms with Crippen LogP contribution < -0.4 is 4.90 Å². The van der Waals surface area contributed by atoms with E-state index >= 15 is 0 Å². The molecule has 0 bridgehead atoms. The van der Waals surface area contributed by atoms with Gasteiger partial charge in [-0.3, -0.25) is 0 Å². The third-order valence-electron chi connectivity index (χ3n) is 13.9. The van der Waals surface area contributed by atoms with Crippen molar-refractivity contribution in [3.8, 4) is 44.5 Å². The van der Waals surface area contributed by atoms with Crippen molar-refractivity contribution in [3.05, 3.63) is 283 Å². The van der Waals surface area contributed by atoms with E-state index in [4.69, 9.17) is 0 Å². The van der Waals surface area contributed by atoms with Crippen molar-refractivity contribution in [2.75, 3.05) is 4.90 Å². The van der Waals surface area contributed by atoms with Crippen LogP contribution >= 0.6 is 11.3 Å². The summed E-state index contributed by atoms with van der Waals surface area (Å²) < 4.78 is 2.63. The van der Waals surface area contributed by atoms with Gasteiger partial charge in [0.05, 0.1) is 5.41 Å². The van der Waals surface area contributed by atoms with E-state index in [1.807, 2.05) is 11.3 Å². The summed E-state index contributed by atoms with van der Waals surface area (Å²) in [6.07, 6.45) is 0. The molecule has 0 spiro atoms. The van der Waals surface area contributed by atoms with Crippen molar-refractivity contribution in [2.45, 2.75) is 5.41 Å². The summed E-state index contributed by atoms with van der Waals surface area (Å²) in [6, 6.07) is 96.4. The second-order valence-electron chi connectivity index (χ2n) is 17.6. The molecule has 2 heteroatoms. The summed E-state index contributed by atoms with van der Waals surface area (Å²) in [6.45, 7) is 0. The number of thiophene rings is 1. The predicted molar refractivity (Wildman–Crippen MR) is 285 cm³/mol. The Morgan fingerprint density at radius 2 is 0.836 bits per heavy atom. The van der Waals surface area contributed by atoms with E-state index in [0.717, 1.165) is 22.6 Å². The van der Waals surface area contributed by atoms with Gasteiger partial charge in [0.15, 0.2) is 0 Å². The smallest absolute Gasteiger partial charge is 0.0714 e. The lowest BCUT2D eigenvalue weighted by Crippen LogP contribution is -2.28. The van der Waals surface area contributed by atoms with Crippen LogP contribution in [-0.2, 0) is 5.41 Å². The molecule has 0 amide bonds. The van der Waals surface area contributed by atoms with Crippen LogP contribution in [0.4, 0.5) is 17.1 Å². The minimum Gasteiger partial charge on any atom is -0.310 e. The van der Waals surface area contributed by atoms with Gasteiger partial charge in [-0.15, -0.1) is 11.3 Å². The average Bonchev–Trinajstić information content (AvgIpc) is 3.92. The maximum atomic E-state index is 2.46. The molecule has 0 saturated carbocycles. The lowest BCUT2D eigenvalue weighted by molar-refractivity contribution is 0.768. The summed E-state index contributed by atoms with van der Waals surface area (Å²) >= 11 is 1.87. The Bertz CT molecular complexity index is 3760. The van der Waals surface area contributed by atoms with Gasteiger partial charge in [-0.1, -0.05) is 206 Å². The molecule has 1 heterocycles. The molecule has 0 fully saturated rings. The summed E-state index contributed by atoms with van der Waals surface area (Å²) in [4.78, 5) is 2.45. The molecule has 1 nitrogen and oxygen atoms in total. The minimum atomic E-state index is -0.519. The highest BCUT2D eigenvalue weighted by Crippen LogP contribution is 2.57. The fourth-order valence-electron chi connectivity index (χ4n) is 10.9. The van der Waals surface area contributed by atoms with Crippen LogP contribution in [0.1, 0.15) is 22.3 Å². The second kappa shape index (κ2) is 16.0. The van der Waals surface area contributed by atoms with Crippen LogP contribution in [0, 0.1) is 0 Å². The van der Waals surface area contributed by atoms with Gasteiger partial charge >= 0.3 is 0 Å². The molecule has 0 unspecified atom stereocenters. The van der Waals surface area contributed by atoms with Gasteiger partial charge in [0.2, 0.25) is 0 Å². The van der Waals surface area contributed by atoms with E-state index in [1.165, 1.54) is 92.1 Å². The van der Waals surface area contributed by atoms with Gasteiger partial charge in [-0.2, -0.15) is 0 Å². The molecule has 12 aromatic rings. The van der Waals surface area contributed by atoms with Crippen molar-refractivity contribution in [3.63, 3.8) is 0 Å². The van der Waals surface area contributed by atoms with Gasteiger partial charge in [0, 0.05) is 37.2 Å². The first-order valence-electron chi connectivity index (χ1n) is 23.1. The molecule has 1 aliphatic rings. The second-order valence-corrected chi connectivity index (χ2v) is 18.7. The third-order valence-corrected chi connectivity index (χ3v) is 15.1. The third kappa shape index (κ3) is 6.44. The number of rotatable bonds is 8. The number of hydrogen-bond acceptors (Lipinski definition) is 2. The van der Waals surface area contributed by atoms with Crippen LogP contribution in [0.2, 0.25) is 0 Å². The largest absolute Gasteiger partial charge is 0.310 e. The Hall–Kier alpha value is -8.30. The maximum absolute atomic E-state index is 2.46. The Kier molecular flexibility index (Phi) is 9.33. The first-order valence-corrected chi connectivity index (χ1v) is 23.9. The van der Waals surface area contributed by atoms with E-state index in [9.17, 15) is 0 Å². The highest BCUT2D eigenvalue weighted by atomic mass is 32.1. The van der Waals surface area contributed by atoms with Gasteiger partial charge in [-0.05, 0) is 132 Å². The Morgan fingerprint density at radius 1 is 0.284 bits per heavy atom. The topological polar surface area (TPSA) is 3.24 Å². The summed E-state index contributed by atoms with van der Waals surface area (Å²) in [5.41, 5.74) is 17.6. The highest BCUT2D eigenvalue weighted by molar-refractivity contribution is 7.25. The lowest BCUT2D eigenvalue weighted by Gasteiger charge is -2.35. The van der Waals surface area contributed by atoms with Crippen LogP contribution in [0.5, 0.6) is 0 Å². The molecule has 1 aliphatic carbocycles. The molecule has 314 valence electrons. The zero-order chi connectivity index (χ0) is 44.3. The minimum absolute atomic E-state index is 0.519. The van der Waals surface area contributed by atoms with Gasteiger partial charge in [0.25, 0.3) is 0 Å². The first kappa shape index (κ1) is 39.1. The first-order chi connectivity index (χ1) is 33.2. The number of nitrogens with zero attached hydrogens (tertiary/aromatic N) is 1. The van der Waals surface area contributed by atoms with E-state index in [1.54, 1.807) is 0 Å². The molecule has 0 atom stereocenters. The maximum Gasteiger partial charge on any atom is 0.0714 e. The SMILES string of the molecule is c1ccc(C2(c3ccccc3)c3ccccc3-c3ccc(N(c4ccc(-c5ccc6c(c5)sc5ccccc56)cc4)c4cccc(-c5cccc(-c6cccc7ccccc67)c5)c4)cc32)cc1. The molecule has 1 aromatic heterocycles. The van der Waals surface area contributed by atoms with Crippen molar-refractivity contribution in [2.24, 2.45) is 0 Å². The van der Waals surface area contributed by atoms with E-state index in [-0.39, 0.29) is 0 Å². The molecule has 67 heavy (non-hydrogen) atoms. The van der Waals surface area contributed by atoms with E-state index in [0.29, 0.717) is 0 Å². The van der Waals surface area contributed by atoms with Crippen molar-refractivity contribution < 1.29 is 0 Å². The van der Waals surface area contributed by atoms with Crippen LogP contribution in [0.15, 0.2) is 261 Å². The van der Waals surface area contributed by atoms with Gasteiger partial charge in [0.1, 0.15) is 0 Å². The quantitative estimate of drug-likeness (QED) is 0.147. The van der Waals surface area contributed by atoms with E-state index < -0.39 is 5.41 Å². The number of hydrogen-bond donors (Lipinski definition) is 0. The average molecular weight is 870 g/mol. The number of fused-ring (bicyclic) bond motifs is 7. The molecular formula is C65H43NS. The Morgan fingerprint density at radius 3 is 1.66 bits per heavy atom. The molecule has 13 rings (SSSR count). The molecule has 11 aromatic carbocycles. The summed E-state index contributed by atoms with van der Waals surface area (Å²) in [5.74, 6) is 0. The Balaban J connectivity index is 0.980. The molecule has 0 N–H and O–H groups in total. The Labute approximate surface area is 395 Å². The molecule has 0 aliphatic heterocycles. The van der Waals surface area contributed by atoms with Crippen LogP contribution in [0.25, 0.3) is 75.5 Å². The standard InChI is InChI=1S/C65H43NS/c1-3-21-50(22-4-1)65(51-23-5-2-6-24-51)61-30-11-9-27-57(61)58-39-37-54(43-62(58)65)66(52-35-32-44(33-36-52)48-34-38-60-59-28-10-12-31-63(59)67-64(60)42-48)53-25-14-19-47(41-53)46-18-13-20-49(40-46)56-29-15-17-45-16-7-8-26-55(45)56/h1-43H. The zero-order valence-corrected chi connectivity index (χ0v) is 37.5.